The van der Waals surface area contributed by atoms with Crippen LogP contribution in [0.5, 0.6) is 0 Å². The largest absolute Gasteiger partial charge is 0.512 e. The Morgan fingerprint density at radius 1 is 1.05 bits per heavy atom. The first-order chi connectivity index (χ1) is 9.15. The molecule has 0 atom stereocenters. The van der Waals surface area contributed by atoms with Gasteiger partial charge in [-0.2, -0.15) is 0 Å². The van der Waals surface area contributed by atoms with Crippen molar-refractivity contribution in [2.24, 2.45) is 0 Å². The van der Waals surface area contributed by atoms with Crippen molar-refractivity contribution in [3.05, 3.63) is 70.2 Å². The van der Waals surface area contributed by atoms with Gasteiger partial charge in [-0.25, -0.2) is 0 Å². The molecule has 3 heteroatoms. The average Bonchev–Trinajstić information content (AvgIpc) is 2.66. The molecule has 0 amide bonds. The van der Waals surface area contributed by atoms with Crippen LogP contribution in [0.4, 0.5) is 0 Å². The fourth-order valence-corrected chi connectivity index (χ4v) is 2.31. The molecule has 0 aromatic heterocycles. The molecule has 2 aliphatic rings. The maximum atomic E-state index is 9.49. The van der Waals surface area contributed by atoms with Crippen molar-refractivity contribution in [2.75, 3.05) is 0 Å². The lowest BCUT2D eigenvalue weighted by Gasteiger charge is -2.04. The molecule has 0 aromatic rings. The summed E-state index contributed by atoms with van der Waals surface area (Å²) in [4.78, 5) is 0. The van der Waals surface area contributed by atoms with E-state index in [9.17, 15) is 10.2 Å². The Morgan fingerprint density at radius 2 is 1.89 bits per heavy atom. The zero-order chi connectivity index (χ0) is 13.7. The van der Waals surface area contributed by atoms with Crippen LogP contribution in [0.15, 0.2) is 70.2 Å². The minimum Gasteiger partial charge on any atom is -0.512 e. The Balaban J connectivity index is 2.01. The number of aliphatic hydroxyl groups is 2. The highest BCUT2D eigenvalue weighted by Crippen LogP contribution is 2.25. The van der Waals surface area contributed by atoms with E-state index >= 15 is 0 Å². The third kappa shape index (κ3) is 4.18. The molecule has 0 aromatic carbocycles. The van der Waals surface area contributed by atoms with Crippen molar-refractivity contribution in [2.45, 2.75) is 25.7 Å². The molecule has 100 valence electrons. The highest BCUT2D eigenvalue weighted by molar-refractivity contribution is 6.31. The van der Waals surface area contributed by atoms with Gasteiger partial charge < -0.3 is 10.2 Å². The van der Waals surface area contributed by atoms with E-state index in [0.717, 1.165) is 24.8 Å². The van der Waals surface area contributed by atoms with Crippen molar-refractivity contribution >= 4 is 11.6 Å². The third-order valence-corrected chi connectivity index (χ3v) is 3.46. The summed E-state index contributed by atoms with van der Waals surface area (Å²) in [6.45, 7) is 0. The van der Waals surface area contributed by atoms with Gasteiger partial charge in [0.1, 0.15) is 5.76 Å². The Hall–Kier alpha value is -1.67. The van der Waals surface area contributed by atoms with Crippen LogP contribution in [0.2, 0.25) is 0 Å². The molecule has 0 saturated heterocycles. The zero-order valence-corrected chi connectivity index (χ0v) is 11.4. The summed E-state index contributed by atoms with van der Waals surface area (Å²) in [5.41, 5.74) is 2.21. The Bertz CT molecular complexity index is 531. The molecule has 0 radical (unpaired) electrons. The predicted octanol–water partition coefficient (Wildman–Crippen LogP) is 4.99. The number of rotatable bonds is 3. The van der Waals surface area contributed by atoms with E-state index in [1.54, 1.807) is 18.2 Å². The second kappa shape index (κ2) is 6.48. The quantitative estimate of drug-likeness (QED) is 0.762. The standard InChI is InChI=1S/C16H17ClO2/c17-16-11-15(19)6-2-4-13(16)9-7-12-3-1-5-14(18)10-8-12/h2-5,8,10-11,18-19H,1,6-7,9H2. The Morgan fingerprint density at radius 3 is 2.74 bits per heavy atom. The molecule has 0 spiro atoms. The lowest BCUT2D eigenvalue weighted by Crippen LogP contribution is -1.86. The first-order valence-corrected chi connectivity index (χ1v) is 6.74. The smallest absolute Gasteiger partial charge is 0.111 e. The van der Waals surface area contributed by atoms with Crippen molar-refractivity contribution < 1.29 is 10.2 Å². The average molecular weight is 277 g/mol. The predicted molar refractivity (Wildman–Crippen MR) is 79.1 cm³/mol. The van der Waals surface area contributed by atoms with Gasteiger partial charge in [-0.15, -0.1) is 0 Å². The lowest BCUT2D eigenvalue weighted by molar-refractivity contribution is 0.401. The van der Waals surface area contributed by atoms with Crippen molar-refractivity contribution in [1.82, 2.24) is 0 Å². The van der Waals surface area contributed by atoms with Crippen LogP contribution in [0.1, 0.15) is 25.7 Å². The molecule has 0 bridgehead atoms. The Kier molecular flexibility index (Phi) is 4.69. The second-order valence-corrected chi connectivity index (χ2v) is 5.00. The molecule has 2 aliphatic carbocycles. The van der Waals surface area contributed by atoms with Gasteiger partial charge in [0, 0.05) is 11.5 Å². The van der Waals surface area contributed by atoms with Crippen LogP contribution in [-0.2, 0) is 0 Å². The van der Waals surface area contributed by atoms with E-state index in [1.807, 2.05) is 18.2 Å². The van der Waals surface area contributed by atoms with E-state index in [2.05, 4.69) is 6.08 Å². The minimum atomic E-state index is 0.291. The lowest BCUT2D eigenvalue weighted by atomic mass is 10.0. The summed E-state index contributed by atoms with van der Waals surface area (Å²) in [5, 5.41) is 19.5. The van der Waals surface area contributed by atoms with E-state index in [1.165, 1.54) is 5.57 Å². The molecule has 0 heterocycles. The highest BCUT2D eigenvalue weighted by atomic mass is 35.5. The van der Waals surface area contributed by atoms with Gasteiger partial charge in [-0.1, -0.05) is 41.5 Å². The number of aliphatic hydroxyl groups excluding tert-OH is 2. The molecular formula is C16H17ClO2. The van der Waals surface area contributed by atoms with Gasteiger partial charge in [0.2, 0.25) is 0 Å². The molecule has 0 saturated carbocycles. The number of hydrogen-bond donors (Lipinski definition) is 2. The normalized spacial score (nSPS) is 19.5. The van der Waals surface area contributed by atoms with Crippen LogP contribution in [0.3, 0.4) is 0 Å². The fraction of sp³-hybridized carbons (Fsp3) is 0.250. The number of hydrogen-bond acceptors (Lipinski definition) is 2. The molecule has 0 unspecified atom stereocenters. The molecule has 0 fully saturated rings. The number of halogens is 1. The SMILES string of the molecule is OC1=CCC=C(CCC2=C(Cl)C=C(O)CC=C2)C=C1. The van der Waals surface area contributed by atoms with Gasteiger partial charge in [-0.05, 0) is 43.1 Å². The minimum absolute atomic E-state index is 0.291. The van der Waals surface area contributed by atoms with Crippen LogP contribution >= 0.6 is 11.6 Å². The molecule has 0 aliphatic heterocycles. The van der Waals surface area contributed by atoms with Gasteiger partial charge in [0.05, 0.1) is 5.76 Å². The van der Waals surface area contributed by atoms with Gasteiger partial charge in [-0.3, -0.25) is 0 Å². The molecule has 2 N–H and O–H groups in total. The summed E-state index contributed by atoms with van der Waals surface area (Å²) in [6, 6.07) is 0. The maximum absolute atomic E-state index is 9.49. The summed E-state index contributed by atoms with van der Waals surface area (Å²) >= 11 is 6.16. The first kappa shape index (κ1) is 13.8. The second-order valence-electron chi connectivity index (χ2n) is 4.59. The van der Waals surface area contributed by atoms with E-state index in [0.29, 0.717) is 23.0 Å². The molecule has 19 heavy (non-hydrogen) atoms. The zero-order valence-electron chi connectivity index (χ0n) is 10.6. The first-order valence-electron chi connectivity index (χ1n) is 6.36. The summed E-state index contributed by atoms with van der Waals surface area (Å²) < 4.78 is 0. The van der Waals surface area contributed by atoms with Gasteiger partial charge in [0.25, 0.3) is 0 Å². The van der Waals surface area contributed by atoms with E-state index in [-0.39, 0.29) is 0 Å². The third-order valence-electron chi connectivity index (χ3n) is 3.10. The fourth-order valence-electron chi connectivity index (χ4n) is 2.03. The van der Waals surface area contributed by atoms with Crippen molar-refractivity contribution in [1.29, 1.82) is 0 Å². The van der Waals surface area contributed by atoms with Crippen LogP contribution < -0.4 is 0 Å². The Labute approximate surface area is 118 Å². The van der Waals surface area contributed by atoms with E-state index in [4.69, 9.17) is 11.6 Å². The van der Waals surface area contributed by atoms with Crippen molar-refractivity contribution in [3.63, 3.8) is 0 Å². The highest BCUT2D eigenvalue weighted by Gasteiger charge is 2.06. The van der Waals surface area contributed by atoms with Gasteiger partial charge >= 0.3 is 0 Å². The number of allylic oxidation sites excluding steroid dienone is 10. The van der Waals surface area contributed by atoms with Gasteiger partial charge in [0.15, 0.2) is 0 Å². The molecular weight excluding hydrogens is 260 g/mol. The summed E-state index contributed by atoms with van der Waals surface area (Å²) in [7, 11) is 0. The van der Waals surface area contributed by atoms with Crippen LogP contribution in [0, 0.1) is 0 Å². The van der Waals surface area contributed by atoms with Crippen molar-refractivity contribution in [3.8, 4) is 0 Å². The monoisotopic (exact) mass is 276 g/mol. The van der Waals surface area contributed by atoms with E-state index < -0.39 is 0 Å². The van der Waals surface area contributed by atoms with Crippen LogP contribution in [0.25, 0.3) is 0 Å². The summed E-state index contributed by atoms with van der Waals surface area (Å²) in [6.07, 6.45) is 16.0. The molecule has 2 nitrogen and oxygen atoms in total. The molecule has 2 rings (SSSR count). The summed E-state index contributed by atoms with van der Waals surface area (Å²) in [5.74, 6) is 0.602. The topological polar surface area (TPSA) is 40.5 Å². The maximum Gasteiger partial charge on any atom is 0.111 e. The van der Waals surface area contributed by atoms with Crippen LogP contribution in [-0.4, -0.2) is 10.2 Å².